The molecule has 0 radical (unpaired) electrons. The zero-order valence-electron chi connectivity index (χ0n) is 10.1. The molecule has 1 rings (SSSR count). The largest absolute Gasteiger partial charge is 0.495 e. The Balaban J connectivity index is 3.17. The maximum atomic E-state index is 12.0. The third-order valence-electron chi connectivity index (χ3n) is 2.30. The molecule has 0 saturated carbocycles. The molecule has 3 N–H and O–H groups in total. The van der Waals surface area contributed by atoms with Crippen LogP contribution in [0, 0.1) is 0 Å². The van der Waals surface area contributed by atoms with Crippen molar-refractivity contribution in [2.24, 2.45) is 5.73 Å². The maximum absolute atomic E-state index is 12.0. The predicted octanol–water partition coefficient (Wildman–Crippen LogP) is 0.842. The van der Waals surface area contributed by atoms with Crippen molar-refractivity contribution in [3.8, 4) is 5.75 Å². The van der Waals surface area contributed by atoms with E-state index >= 15 is 0 Å². The molecule has 0 bridgehead atoms. The van der Waals surface area contributed by atoms with E-state index in [1.165, 1.54) is 13.2 Å². The van der Waals surface area contributed by atoms with Crippen LogP contribution in [-0.2, 0) is 16.6 Å². The van der Waals surface area contributed by atoms with Gasteiger partial charge in [0, 0.05) is 13.1 Å². The minimum Gasteiger partial charge on any atom is -0.495 e. The molecule has 0 aromatic heterocycles. The molecule has 1 aromatic carbocycles. The van der Waals surface area contributed by atoms with Gasteiger partial charge in [-0.15, -0.1) is 0 Å². The van der Waals surface area contributed by atoms with Gasteiger partial charge in [-0.3, -0.25) is 0 Å². The van der Waals surface area contributed by atoms with Crippen LogP contribution < -0.4 is 15.2 Å². The fraction of sp³-hybridized carbons (Fsp3) is 0.455. The van der Waals surface area contributed by atoms with E-state index < -0.39 is 10.0 Å². The molecule has 0 aliphatic rings. The molecular weight excluding hydrogens is 240 g/mol. The zero-order chi connectivity index (χ0) is 12.9. The van der Waals surface area contributed by atoms with Crippen molar-refractivity contribution in [1.82, 2.24) is 4.72 Å². The molecule has 5 nitrogen and oxygen atoms in total. The lowest BCUT2D eigenvalue weighted by Crippen LogP contribution is -2.25. The first-order valence-electron chi connectivity index (χ1n) is 5.41. The smallest absolute Gasteiger partial charge is 0.244 e. The van der Waals surface area contributed by atoms with Crippen LogP contribution in [0.1, 0.15) is 18.9 Å². The van der Waals surface area contributed by atoms with E-state index in [1.54, 1.807) is 12.1 Å². The normalized spacial score (nSPS) is 11.5. The number of ether oxygens (including phenoxy) is 1. The average Bonchev–Trinajstić information content (AvgIpc) is 2.35. The second kappa shape index (κ2) is 6.00. The van der Waals surface area contributed by atoms with E-state index in [1.807, 2.05) is 6.92 Å². The van der Waals surface area contributed by atoms with Crippen LogP contribution in [0.25, 0.3) is 0 Å². The lowest BCUT2D eigenvalue weighted by atomic mass is 10.2. The molecule has 0 unspecified atom stereocenters. The van der Waals surface area contributed by atoms with Gasteiger partial charge in [0.05, 0.1) is 7.11 Å². The Hall–Kier alpha value is -1.11. The number of benzene rings is 1. The Labute approximate surface area is 102 Å². The van der Waals surface area contributed by atoms with Crippen molar-refractivity contribution in [3.05, 3.63) is 23.8 Å². The summed E-state index contributed by atoms with van der Waals surface area (Å²) >= 11 is 0. The summed E-state index contributed by atoms with van der Waals surface area (Å²) in [4.78, 5) is 0.136. The Morgan fingerprint density at radius 1 is 1.41 bits per heavy atom. The molecule has 96 valence electrons. The van der Waals surface area contributed by atoms with Crippen LogP contribution in [0.4, 0.5) is 0 Å². The Morgan fingerprint density at radius 2 is 2.12 bits per heavy atom. The molecular formula is C11H18N2O3S. The van der Waals surface area contributed by atoms with Gasteiger partial charge in [0.15, 0.2) is 0 Å². The standard InChI is InChI=1S/C11H18N2O3S/c1-3-6-13-17(14,15)11-7-9(8-12)4-5-10(11)16-2/h4-5,7,13H,3,6,8,12H2,1-2H3. The summed E-state index contributed by atoms with van der Waals surface area (Å²) in [6.07, 6.45) is 0.734. The van der Waals surface area contributed by atoms with Crippen molar-refractivity contribution in [3.63, 3.8) is 0 Å². The fourth-order valence-corrected chi connectivity index (χ4v) is 2.72. The highest BCUT2D eigenvalue weighted by molar-refractivity contribution is 7.89. The van der Waals surface area contributed by atoms with E-state index in [9.17, 15) is 8.42 Å². The van der Waals surface area contributed by atoms with E-state index in [0.717, 1.165) is 12.0 Å². The van der Waals surface area contributed by atoms with Gasteiger partial charge in [-0.25, -0.2) is 13.1 Å². The van der Waals surface area contributed by atoms with Gasteiger partial charge in [-0.05, 0) is 24.1 Å². The van der Waals surface area contributed by atoms with Crippen molar-refractivity contribution >= 4 is 10.0 Å². The van der Waals surface area contributed by atoms with E-state index in [0.29, 0.717) is 18.8 Å². The lowest BCUT2D eigenvalue weighted by molar-refractivity contribution is 0.402. The number of hydrogen-bond donors (Lipinski definition) is 2. The minimum absolute atomic E-state index is 0.136. The molecule has 0 spiro atoms. The van der Waals surface area contributed by atoms with Crippen molar-refractivity contribution < 1.29 is 13.2 Å². The fourth-order valence-electron chi connectivity index (χ4n) is 1.37. The number of hydrogen-bond acceptors (Lipinski definition) is 4. The van der Waals surface area contributed by atoms with Gasteiger partial charge in [0.25, 0.3) is 0 Å². The van der Waals surface area contributed by atoms with E-state index in [2.05, 4.69) is 4.72 Å². The first-order chi connectivity index (χ1) is 8.05. The van der Waals surface area contributed by atoms with Gasteiger partial charge in [0.2, 0.25) is 10.0 Å². The number of methoxy groups -OCH3 is 1. The Morgan fingerprint density at radius 3 is 2.65 bits per heavy atom. The first-order valence-corrected chi connectivity index (χ1v) is 6.90. The minimum atomic E-state index is -3.53. The summed E-state index contributed by atoms with van der Waals surface area (Å²) in [5.41, 5.74) is 6.25. The van der Waals surface area contributed by atoms with Crippen molar-refractivity contribution in [1.29, 1.82) is 0 Å². The van der Waals surface area contributed by atoms with Gasteiger partial charge in [0.1, 0.15) is 10.6 Å². The van der Waals surface area contributed by atoms with E-state index in [4.69, 9.17) is 10.5 Å². The summed E-state index contributed by atoms with van der Waals surface area (Å²) in [7, 11) is -2.09. The molecule has 0 aliphatic carbocycles. The SMILES string of the molecule is CCCNS(=O)(=O)c1cc(CN)ccc1OC. The van der Waals surface area contributed by atoms with Crippen LogP contribution in [-0.4, -0.2) is 22.1 Å². The van der Waals surface area contributed by atoms with Crippen LogP contribution in [0.15, 0.2) is 23.1 Å². The molecule has 0 atom stereocenters. The Bertz CT molecular complexity index is 472. The number of sulfonamides is 1. The van der Waals surface area contributed by atoms with Crippen molar-refractivity contribution in [2.45, 2.75) is 24.8 Å². The highest BCUT2D eigenvalue weighted by Crippen LogP contribution is 2.24. The van der Waals surface area contributed by atoms with Crippen LogP contribution in [0.5, 0.6) is 5.75 Å². The predicted molar refractivity (Wildman–Crippen MR) is 66.4 cm³/mol. The molecule has 17 heavy (non-hydrogen) atoms. The third-order valence-corrected chi connectivity index (χ3v) is 3.78. The van der Waals surface area contributed by atoms with Gasteiger partial charge >= 0.3 is 0 Å². The molecule has 0 aliphatic heterocycles. The zero-order valence-corrected chi connectivity index (χ0v) is 10.9. The monoisotopic (exact) mass is 258 g/mol. The van der Waals surface area contributed by atoms with Gasteiger partial charge in [-0.2, -0.15) is 0 Å². The summed E-state index contributed by atoms with van der Waals surface area (Å²) in [5.74, 6) is 0.325. The highest BCUT2D eigenvalue weighted by atomic mass is 32.2. The summed E-state index contributed by atoms with van der Waals surface area (Å²) < 4.78 is 31.6. The van der Waals surface area contributed by atoms with Crippen LogP contribution >= 0.6 is 0 Å². The molecule has 1 aromatic rings. The second-order valence-electron chi connectivity index (χ2n) is 3.59. The van der Waals surface area contributed by atoms with Gasteiger partial charge < -0.3 is 10.5 Å². The molecule has 6 heteroatoms. The van der Waals surface area contributed by atoms with Crippen LogP contribution in [0.3, 0.4) is 0 Å². The molecule has 0 fully saturated rings. The summed E-state index contributed by atoms with van der Waals surface area (Å²) in [5, 5.41) is 0. The topological polar surface area (TPSA) is 81.4 Å². The van der Waals surface area contributed by atoms with Gasteiger partial charge in [-0.1, -0.05) is 13.0 Å². The Kier molecular flexibility index (Phi) is 4.92. The number of nitrogens with one attached hydrogen (secondary N) is 1. The first kappa shape index (κ1) is 14.0. The lowest BCUT2D eigenvalue weighted by Gasteiger charge is -2.11. The highest BCUT2D eigenvalue weighted by Gasteiger charge is 2.19. The van der Waals surface area contributed by atoms with Crippen molar-refractivity contribution in [2.75, 3.05) is 13.7 Å². The van der Waals surface area contributed by atoms with Crippen LogP contribution in [0.2, 0.25) is 0 Å². The number of nitrogens with two attached hydrogens (primary N) is 1. The maximum Gasteiger partial charge on any atom is 0.244 e. The molecule has 0 amide bonds. The average molecular weight is 258 g/mol. The summed E-state index contributed by atoms with van der Waals surface area (Å²) in [6, 6.07) is 4.90. The summed E-state index contributed by atoms with van der Waals surface area (Å²) in [6.45, 7) is 2.59. The third kappa shape index (κ3) is 3.42. The number of rotatable bonds is 6. The second-order valence-corrected chi connectivity index (χ2v) is 5.32. The molecule has 0 heterocycles. The molecule has 0 saturated heterocycles. The quantitative estimate of drug-likeness (QED) is 0.792. The van der Waals surface area contributed by atoms with E-state index in [-0.39, 0.29) is 4.90 Å².